The Bertz CT molecular complexity index is 625. The molecule has 1 fully saturated rings. The molecule has 6 nitrogen and oxygen atoms in total. The standard InChI is InChI=1S/C19H26N2O4/c1-13(2)11-16(19(24)25-3)20-17(22)12-14-6-8-15(9-7-14)21-10-4-5-18(21)23/h6-9,13,16H,4-5,10-12H2,1-3H3,(H,20,22). The summed E-state index contributed by atoms with van der Waals surface area (Å²) < 4.78 is 4.76. The Balaban J connectivity index is 1.95. The number of anilines is 1. The first kappa shape index (κ1) is 19.0. The first-order valence-electron chi connectivity index (χ1n) is 8.67. The van der Waals surface area contributed by atoms with Crippen molar-refractivity contribution in [2.45, 2.75) is 45.6 Å². The summed E-state index contributed by atoms with van der Waals surface area (Å²) in [5.74, 6) is -0.243. The lowest BCUT2D eigenvalue weighted by molar-refractivity contribution is -0.145. The average Bonchev–Trinajstić information content (AvgIpc) is 2.99. The summed E-state index contributed by atoms with van der Waals surface area (Å²) in [6, 6.07) is 6.78. The van der Waals surface area contributed by atoms with Crippen molar-refractivity contribution in [3.05, 3.63) is 29.8 Å². The molecule has 2 rings (SSSR count). The molecule has 1 N–H and O–H groups in total. The zero-order valence-electron chi connectivity index (χ0n) is 15.1. The van der Waals surface area contributed by atoms with Crippen molar-refractivity contribution < 1.29 is 19.1 Å². The van der Waals surface area contributed by atoms with Gasteiger partial charge in [-0.3, -0.25) is 9.59 Å². The molecule has 136 valence electrons. The van der Waals surface area contributed by atoms with Crippen LogP contribution < -0.4 is 10.2 Å². The monoisotopic (exact) mass is 346 g/mol. The Kier molecular flexibility index (Phi) is 6.56. The average molecular weight is 346 g/mol. The van der Waals surface area contributed by atoms with Crippen molar-refractivity contribution in [1.29, 1.82) is 0 Å². The first-order valence-corrected chi connectivity index (χ1v) is 8.67. The highest BCUT2D eigenvalue weighted by atomic mass is 16.5. The van der Waals surface area contributed by atoms with Gasteiger partial charge in [0.15, 0.2) is 0 Å². The van der Waals surface area contributed by atoms with Crippen LogP contribution in [0, 0.1) is 5.92 Å². The number of nitrogens with one attached hydrogen (secondary N) is 1. The number of rotatable bonds is 7. The van der Waals surface area contributed by atoms with Gasteiger partial charge in [-0.05, 0) is 36.5 Å². The summed E-state index contributed by atoms with van der Waals surface area (Å²) in [6.45, 7) is 4.72. The molecule has 1 atom stereocenters. The van der Waals surface area contributed by atoms with Gasteiger partial charge in [0.05, 0.1) is 13.5 Å². The van der Waals surface area contributed by atoms with Gasteiger partial charge in [0, 0.05) is 18.7 Å². The summed E-state index contributed by atoms with van der Waals surface area (Å²) in [5.41, 5.74) is 1.69. The predicted molar refractivity (Wildman–Crippen MR) is 95.1 cm³/mol. The third-order valence-electron chi connectivity index (χ3n) is 4.21. The number of hydrogen-bond acceptors (Lipinski definition) is 4. The number of benzene rings is 1. The lowest BCUT2D eigenvalue weighted by Gasteiger charge is -2.18. The predicted octanol–water partition coefficient (Wildman–Crippen LogP) is 2.06. The molecule has 1 saturated heterocycles. The molecule has 1 aliphatic rings. The van der Waals surface area contributed by atoms with Crippen LogP contribution in [0.4, 0.5) is 5.69 Å². The van der Waals surface area contributed by atoms with E-state index in [9.17, 15) is 14.4 Å². The molecule has 0 saturated carbocycles. The molecular weight excluding hydrogens is 320 g/mol. The molecule has 25 heavy (non-hydrogen) atoms. The number of carbonyl (C=O) groups is 3. The minimum Gasteiger partial charge on any atom is -0.467 e. The van der Waals surface area contributed by atoms with Crippen molar-refractivity contribution in [3.8, 4) is 0 Å². The Labute approximate surface area is 148 Å². The second-order valence-electron chi connectivity index (χ2n) is 6.76. The van der Waals surface area contributed by atoms with Gasteiger partial charge >= 0.3 is 5.97 Å². The molecule has 0 radical (unpaired) electrons. The molecule has 0 bridgehead atoms. The van der Waals surface area contributed by atoms with Crippen LogP contribution in [0.15, 0.2) is 24.3 Å². The van der Waals surface area contributed by atoms with Gasteiger partial charge in [-0.1, -0.05) is 26.0 Å². The van der Waals surface area contributed by atoms with Crippen LogP contribution in [0.3, 0.4) is 0 Å². The molecule has 6 heteroatoms. The minimum atomic E-state index is -0.626. The van der Waals surface area contributed by atoms with E-state index in [0.29, 0.717) is 12.8 Å². The van der Waals surface area contributed by atoms with Crippen molar-refractivity contribution in [2.75, 3.05) is 18.6 Å². The summed E-state index contributed by atoms with van der Waals surface area (Å²) in [7, 11) is 1.32. The van der Waals surface area contributed by atoms with Crippen LogP contribution in [-0.4, -0.2) is 37.5 Å². The highest BCUT2D eigenvalue weighted by Gasteiger charge is 2.23. The van der Waals surface area contributed by atoms with E-state index in [1.807, 2.05) is 38.1 Å². The molecule has 1 aliphatic heterocycles. The van der Waals surface area contributed by atoms with E-state index < -0.39 is 12.0 Å². The Morgan fingerprint density at radius 1 is 1.24 bits per heavy atom. The van der Waals surface area contributed by atoms with Crippen LogP contribution in [0.5, 0.6) is 0 Å². The number of nitrogens with zero attached hydrogens (tertiary/aromatic N) is 1. The maximum Gasteiger partial charge on any atom is 0.328 e. The highest BCUT2D eigenvalue weighted by molar-refractivity contribution is 5.95. The van der Waals surface area contributed by atoms with Gasteiger partial charge in [0.1, 0.15) is 6.04 Å². The molecule has 1 unspecified atom stereocenters. The quantitative estimate of drug-likeness (QED) is 0.767. The van der Waals surface area contributed by atoms with E-state index in [0.717, 1.165) is 24.2 Å². The zero-order valence-corrected chi connectivity index (χ0v) is 15.1. The maximum absolute atomic E-state index is 12.2. The number of amides is 2. The van der Waals surface area contributed by atoms with E-state index in [1.165, 1.54) is 7.11 Å². The molecule has 0 spiro atoms. The van der Waals surface area contributed by atoms with Crippen LogP contribution in [0.25, 0.3) is 0 Å². The molecule has 1 aromatic carbocycles. The zero-order chi connectivity index (χ0) is 18.4. The number of methoxy groups -OCH3 is 1. The van der Waals surface area contributed by atoms with Gasteiger partial charge in [-0.25, -0.2) is 4.79 Å². The molecule has 0 aliphatic carbocycles. The van der Waals surface area contributed by atoms with Gasteiger partial charge in [0.2, 0.25) is 11.8 Å². The summed E-state index contributed by atoms with van der Waals surface area (Å²) in [5, 5.41) is 2.75. The number of carbonyl (C=O) groups excluding carboxylic acids is 3. The summed E-state index contributed by atoms with van der Waals surface area (Å²) in [6.07, 6.45) is 2.19. The van der Waals surface area contributed by atoms with Crippen molar-refractivity contribution in [1.82, 2.24) is 5.32 Å². The normalized spacial score (nSPS) is 15.4. The maximum atomic E-state index is 12.2. The van der Waals surface area contributed by atoms with Gasteiger partial charge < -0.3 is 15.0 Å². The molecule has 2 amide bonds. The van der Waals surface area contributed by atoms with Crippen LogP contribution in [-0.2, 0) is 25.5 Å². The SMILES string of the molecule is COC(=O)C(CC(C)C)NC(=O)Cc1ccc(N2CCCC2=O)cc1. The Morgan fingerprint density at radius 3 is 2.44 bits per heavy atom. The molecule has 1 aromatic rings. The van der Waals surface area contributed by atoms with Gasteiger partial charge in [-0.15, -0.1) is 0 Å². The largest absolute Gasteiger partial charge is 0.467 e. The third-order valence-corrected chi connectivity index (χ3v) is 4.21. The second kappa shape index (κ2) is 8.65. The van der Waals surface area contributed by atoms with Gasteiger partial charge in [0.25, 0.3) is 0 Å². The first-order chi connectivity index (χ1) is 11.9. The number of hydrogen-bond donors (Lipinski definition) is 1. The summed E-state index contributed by atoms with van der Waals surface area (Å²) >= 11 is 0. The van der Waals surface area contributed by atoms with Crippen molar-refractivity contribution >= 4 is 23.5 Å². The van der Waals surface area contributed by atoms with E-state index >= 15 is 0 Å². The van der Waals surface area contributed by atoms with Crippen LogP contribution >= 0.6 is 0 Å². The fourth-order valence-electron chi connectivity index (χ4n) is 2.97. The highest BCUT2D eigenvalue weighted by Crippen LogP contribution is 2.21. The molecule has 1 heterocycles. The van der Waals surface area contributed by atoms with E-state index in [2.05, 4.69) is 5.32 Å². The number of ether oxygens (including phenoxy) is 1. The number of esters is 1. The fourth-order valence-corrected chi connectivity index (χ4v) is 2.97. The summed E-state index contributed by atoms with van der Waals surface area (Å²) in [4.78, 5) is 37.5. The van der Waals surface area contributed by atoms with E-state index in [4.69, 9.17) is 4.74 Å². The minimum absolute atomic E-state index is 0.139. The van der Waals surface area contributed by atoms with Crippen LogP contribution in [0.1, 0.15) is 38.7 Å². The fraction of sp³-hybridized carbons (Fsp3) is 0.526. The molecule has 0 aromatic heterocycles. The topological polar surface area (TPSA) is 75.7 Å². The Hall–Kier alpha value is -2.37. The van der Waals surface area contributed by atoms with Gasteiger partial charge in [-0.2, -0.15) is 0 Å². The lowest BCUT2D eigenvalue weighted by Crippen LogP contribution is -2.43. The third kappa shape index (κ3) is 5.31. The Morgan fingerprint density at radius 2 is 1.92 bits per heavy atom. The molecular formula is C19H26N2O4. The lowest BCUT2D eigenvalue weighted by atomic mass is 10.0. The van der Waals surface area contributed by atoms with Crippen LogP contribution in [0.2, 0.25) is 0 Å². The van der Waals surface area contributed by atoms with E-state index in [-0.39, 0.29) is 24.2 Å². The van der Waals surface area contributed by atoms with Crippen molar-refractivity contribution in [3.63, 3.8) is 0 Å². The van der Waals surface area contributed by atoms with Crippen molar-refractivity contribution in [2.24, 2.45) is 5.92 Å². The van der Waals surface area contributed by atoms with E-state index in [1.54, 1.807) is 4.90 Å². The smallest absolute Gasteiger partial charge is 0.328 e. The second-order valence-corrected chi connectivity index (χ2v) is 6.76.